The van der Waals surface area contributed by atoms with Crippen LogP contribution in [-0.4, -0.2) is 20.5 Å². The van der Waals surface area contributed by atoms with Crippen LogP contribution in [-0.2, 0) is 8.58 Å². The number of unbranched alkanes of at least 4 members (excludes halogenated alkanes) is 1. The van der Waals surface area contributed by atoms with Gasteiger partial charge in [-0.05, 0) is 0 Å². The Morgan fingerprint density at radius 1 is 1.64 bits per heavy atom. The van der Waals surface area contributed by atoms with E-state index in [-0.39, 0.29) is 5.97 Å². The molecule has 0 aliphatic carbocycles. The van der Waals surface area contributed by atoms with Gasteiger partial charge in [0.15, 0.2) is 0 Å². The Hall–Kier alpha value is 0.00247. The van der Waals surface area contributed by atoms with E-state index < -0.39 is 14.5 Å². The third-order valence-corrected chi connectivity index (χ3v) is 4.79. The lowest BCUT2D eigenvalue weighted by Crippen LogP contribution is -2.26. The van der Waals surface area contributed by atoms with Gasteiger partial charge in [-0.2, -0.15) is 0 Å². The Labute approximate surface area is 72.7 Å². The Balaban J connectivity index is 2.17. The highest BCUT2D eigenvalue weighted by molar-refractivity contribution is 6.54. The Morgan fingerprint density at radius 2 is 2.45 bits per heavy atom. The number of carbonyl (C=O) groups is 1. The van der Waals surface area contributed by atoms with Crippen LogP contribution in [0.15, 0.2) is 0 Å². The summed E-state index contributed by atoms with van der Waals surface area (Å²) in [6, 6.07) is 0. The molecule has 0 aromatic rings. The van der Waals surface area contributed by atoms with E-state index in [4.69, 9.17) is 3.79 Å². The van der Waals surface area contributed by atoms with Crippen molar-refractivity contribution in [2.45, 2.75) is 43.2 Å². The molecule has 0 radical (unpaired) electrons. The van der Waals surface area contributed by atoms with Crippen molar-refractivity contribution in [1.29, 1.82) is 0 Å². The topological polar surface area (TPSA) is 26.3 Å². The summed E-state index contributed by atoms with van der Waals surface area (Å²) in [6.07, 6.45) is 4.21. The van der Waals surface area contributed by atoms with Gasteiger partial charge in [-0.25, -0.2) is 0 Å². The normalized spacial score (nSPS) is 18.3. The molecule has 0 aromatic heterocycles. The summed E-state index contributed by atoms with van der Waals surface area (Å²) in [7, 11) is 0. The lowest BCUT2D eigenvalue weighted by molar-refractivity contribution is -0.135. The van der Waals surface area contributed by atoms with Gasteiger partial charge in [0.05, 0.1) is 0 Å². The minimum Gasteiger partial charge on any atom is -0.616 e. The van der Waals surface area contributed by atoms with E-state index in [1.165, 1.54) is 23.4 Å². The molecule has 0 N–H and O–H groups in total. The lowest BCUT2D eigenvalue weighted by atomic mass is 10.3. The highest BCUT2D eigenvalue weighted by atomic mass is 27.2. The zero-order valence-corrected chi connectivity index (χ0v) is 8.29. The predicted octanol–water partition coefficient (Wildman–Crippen LogP) is 2.12. The van der Waals surface area contributed by atoms with Crippen LogP contribution in [0.4, 0.5) is 0 Å². The molecule has 1 fully saturated rings. The van der Waals surface area contributed by atoms with E-state index in [0.29, 0.717) is 6.42 Å². The van der Waals surface area contributed by atoms with Gasteiger partial charge in [0.1, 0.15) is 0 Å². The van der Waals surface area contributed by atoms with Crippen molar-refractivity contribution < 1.29 is 8.58 Å². The molecule has 0 saturated carbocycles. The molecule has 0 aromatic carbocycles. The molecule has 1 aliphatic rings. The molecule has 1 aliphatic heterocycles. The molecule has 0 unspecified atom stereocenters. The van der Waals surface area contributed by atoms with Crippen LogP contribution >= 0.6 is 0 Å². The second-order valence-corrected chi connectivity index (χ2v) is 5.78. The molecule has 0 atom stereocenters. The molecule has 0 spiro atoms. The summed E-state index contributed by atoms with van der Waals surface area (Å²) >= 11 is -1.05. The Bertz CT molecular complexity index is 136. The molecule has 3 heteroatoms. The van der Waals surface area contributed by atoms with Crippen molar-refractivity contribution in [2.75, 3.05) is 0 Å². The fraction of sp³-hybridized carbons (Fsp3) is 0.875. The van der Waals surface area contributed by atoms with Crippen LogP contribution in [0.2, 0.25) is 10.6 Å². The first-order valence-corrected chi connectivity index (χ1v) is 6.63. The van der Waals surface area contributed by atoms with Crippen LogP contribution in [0.25, 0.3) is 0 Å². The van der Waals surface area contributed by atoms with Gasteiger partial charge in [0.2, 0.25) is 0 Å². The molecule has 1 rings (SSSR count). The molecule has 11 heavy (non-hydrogen) atoms. The molecular formula is C8H15AlO2. The number of carbonyl (C=O) groups excluding carboxylic acids is 1. The maximum Gasteiger partial charge on any atom is 0.548 e. The second-order valence-electron chi connectivity index (χ2n) is 3.15. The third kappa shape index (κ3) is 3.27. The first-order valence-electron chi connectivity index (χ1n) is 4.52. The third-order valence-electron chi connectivity index (χ3n) is 2.08. The summed E-state index contributed by atoms with van der Waals surface area (Å²) in [5.41, 5.74) is 0. The van der Waals surface area contributed by atoms with Crippen LogP contribution in [0, 0.1) is 0 Å². The van der Waals surface area contributed by atoms with E-state index in [1.54, 1.807) is 0 Å². The quantitative estimate of drug-likeness (QED) is 0.606. The molecule has 1 heterocycles. The molecule has 2 nitrogen and oxygen atoms in total. The Morgan fingerprint density at radius 3 is 3.09 bits per heavy atom. The van der Waals surface area contributed by atoms with Crippen molar-refractivity contribution in [1.82, 2.24) is 0 Å². The number of rotatable bonds is 3. The average Bonchev–Trinajstić information content (AvgIpc) is 2.01. The standard InChI is InChI=1S/C4H7O2.C4H9.Al/c1-2-3-4(5)6;1-3-4-2;/h1-3H2,(H,5,6);1,3-4H2,2H3;/q;;+1/p-1. The zero-order chi connectivity index (χ0) is 8.10. The fourth-order valence-corrected chi connectivity index (χ4v) is 3.95. The second kappa shape index (κ2) is 4.79. The van der Waals surface area contributed by atoms with Crippen LogP contribution < -0.4 is 0 Å². The summed E-state index contributed by atoms with van der Waals surface area (Å²) in [5.74, 6) is 0.0593. The van der Waals surface area contributed by atoms with Crippen molar-refractivity contribution >= 4 is 20.5 Å². The first-order chi connectivity index (χ1) is 5.33. The van der Waals surface area contributed by atoms with Crippen molar-refractivity contribution in [3.8, 4) is 0 Å². The van der Waals surface area contributed by atoms with Gasteiger partial charge in [0.25, 0.3) is 5.97 Å². The SMILES string of the molecule is CCC[CH2][Al]1[CH2]CCC(=O)[O]1. The van der Waals surface area contributed by atoms with E-state index in [0.717, 1.165) is 6.42 Å². The maximum atomic E-state index is 10.8. The van der Waals surface area contributed by atoms with Crippen molar-refractivity contribution in [3.63, 3.8) is 0 Å². The highest BCUT2D eigenvalue weighted by Crippen LogP contribution is 2.16. The average molecular weight is 170 g/mol. The maximum absolute atomic E-state index is 10.8. The monoisotopic (exact) mass is 170 g/mol. The fourth-order valence-electron chi connectivity index (χ4n) is 1.41. The molecule has 0 amide bonds. The zero-order valence-electron chi connectivity index (χ0n) is 7.14. The Kier molecular flexibility index (Phi) is 3.96. The van der Waals surface area contributed by atoms with Crippen molar-refractivity contribution in [2.24, 2.45) is 0 Å². The minimum absolute atomic E-state index is 0.0593. The van der Waals surface area contributed by atoms with Gasteiger partial charge >= 0.3 is 14.5 Å². The van der Waals surface area contributed by atoms with E-state index in [9.17, 15) is 4.79 Å². The van der Waals surface area contributed by atoms with Crippen LogP contribution in [0.3, 0.4) is 0 Å². The minimum atomic E-state index is -1.05. The summed E-state index contributed by atoms with van der Waals surface area (Å²) in [4.78, 5) is 10.8. The van der Waals surface area contributed by atoms with Gasteiger partial charge in [-0.15, -0.1) is 0 Å². The molecule has 0 bridgehead atoms. The number of hydrogen-bond acceptors (Lipinski definition) is 2. The smallest absolute Gasteiger partial charge is 0.548 e. The molecular weight excluding hydrogens is 155 g/mol. The summed E-state index contributed by atoms with van der Waals surface area (Å²) in [6.45, 7) is 2.18. The highest BCUT2D eigenvalue weighted by Gasteiger charge is 2.28. The summed E-state index contributed by atoms with van der Waals surface area (Å²) in [5, 5.41) is 2.41. The van der Waals surface area contributed by atoms with Crippen molar-refractivity contribution in [3.05, 3.63) is 0 Å². The largest absolute Gasteiger partial charge is 0.616 e. The van der Waals surface area contributed by atoms with E-state index >= 15 is 0 Å². The van der Waals surface area contributed by atoms with Gasteiger partial charge in [0, 0.05) is 6.42 Å². The van der Waals surface area contributed by atoms with Crippen LogP contribution in [0.1, 0.15) is 32.6 Å². The van der Waals surface area contributed by atoms with Gasteiger partial charge in [-0.3, -0.25) is 4.79 Å². The van der Waals surface area contributed by atoms with E-state index in [1.807, 2.05) is 0 Å². The van der Waals surface area contributed by atoms with Gasteiger partial charge < -0.3 is 3.79 Å². The molecule has 62 valence electrons. The summed E-state index contributed by atoms with van der Waals surface area (Å²) < 4.78 is 5.29. The van der Waals surface area contributed by atoms with Gasteiger partial charge in [-0.1, -0.05) is 36.8 Å². The lowest BCUT2D eigenvalue weighted by Gasteiger charge is -2.17. The number of hydrogen-bond donors (Lipinski definition) is 0. The molecule has 1 saturated heterocycles. The van der Waals surface area contributed by atoms with Crippen LogP contribution in [0.5, 0.6) is 0 Å². The predicted molar refractivity (Wildman–Crippen MR) is 45.6 cm³/mol. The first kappa shape index (κ1) is 9.09. The van der Waals surface area contributed by atoms with E-state index in [2.05, 4.69) is 6.92 Å².